The normalized spacial score (nSPS) is 10.2. The highest BCUT2D eigenvalue weighted by molar-refractivity contribution is 5.89. The SMILES string of the molecule is CCc1ccc(OC(=O)c2occc2C)cc1. The first-order chi connectivity index (χ1) is 8.20. The summed E-state index contributed by atoms with van der Waals surface area (Å²) < 4.78 is 10.3. The van der Waals surface area contributed by atoms with Gasteiger partial charge >= 0.3 is 5.97 Å². The molecule has 1 aromatic heterocycles. The van der Waals surface area contributed by atoms with Crippen LogP contribution in [0.2, 0.25) is 0 Å². The van der Waals surface area contributed by atoms with Crippen LogP contribution in [0.4, 0.5) is 0 Å². The average molecular weight is 230 g/mol. The van der Waals surface area contributed by atoms with Crippen LogP contribution in [0.1, 0.15) is 28.6 Å². The Balaban J connectivity index is 2.10. The molecule has 0 fully saturated rings. The van der Waals surface area contributed by atoms with E-state index in [9.17, 15) is 4.79 Å². The summed E-state index contributed by atoms with van der Waals surface area (Å²) in [5.74, 6) is 0.323. The Morgan fingerprint density at radius 1 is 1.24 bits per heavy atom. The molecule has 1 aromatic carbocycles. The molecule has 0 saturated heterocycles. The maximum atomic E-state index is 11.7. The van der Waals surface area contributed by atoms with E-state index in [2.05, 4.69) is 6.92 Å². The van der Waals surface area contributed by atoms with Gasteiger partial charge in [-0.1, -0.05) is 19.1 Å². The van der Waals surface area contributed by atoms with Crippen LogP contribution < -0.4 is 4.74 Å². The largest absolute Gasteiger partial charge is 0.457 e. The molecule has 0 aliphatic carbocycles. The molecule has 0 N–H and O–H groups in total. The summed E-state index contributed by atoms with van der Waals surface area (Å²) in [4.78, 5) is 11.7. The lowest BCUT2D eigenvalue weighted by atomic mass is 10.2. The smallest absolute Gasteiger partial charge is 0.379 e. The number of furan rings is 1. The zero-order valence-corrected chi connectivity index (χ0v) is 9.90. The number of carbonyl (C=O) groups is 1. The van der Waals surface area contributed by atoms with E-state index < -0.39 is 5.97 Å². The van der Waals surface area contributed by atoms with Gasteiger partial charge in [-0.2, -0.15) is 0 Å². The van der Waals surface area contributed by atoms with Gasteiger partial charge < -0.3 is 9.15 Å². The minimum atomic E-state index is -0.461. The predicted molar refractivity (Wildman–Crippen MR) is 64.2 cm³/mol. The second kappa shape index (κ2) is 4.87. The molecule has 0 amide bonds. The fourth-order valence-corrected chi connectivity index (χ4v) is 1.53. The zero-order chi connectivity index (χ0) is 12.3. The van der Waals surface area contributed by atoms with E-state index in [-0.39, 0.29) is 5.76 Å². The molecule has 0 spiro atoms. The van der Waals surface area contributed by atoms with Crippen LogP contribution in [-0.4, -0.2) is 5.97 Å². The second-order valence-corrected chi connectivity index (χ2v) is 3.82. The molecule has 0 unspecified atom stereocenters. The number of ether oxygens (including phenoxy) is 1. The quantitative estimate of drug-likeness (QED) is 0.599. The first kappa shape index (κ1) is 11.5. The number of hydrogen-bond donors (Lipinski definition) is 0. The molecule has 17 heavy (non-hydrogen) atoms. The summed E-state index contributed by atoms with van der Waals surface area (Å²) in [6.45, 7) is 3.88. The van der Waals surface area contributed by atoms with Gasteiger partial charge in [-0.15, -0.1) is 0 Å². The zero-order valence-electron chi connectivity index (χ0n) is 9.90. The maximum absolute atomic E-state index is 11.7. The molecule has 0 radical (unpaired) electrons. The molecule has 0 bridgehead atoms. The molecule has 0 aliphatic rings. The molecule has 0 atom stereocenters. The van der Waals surface area contributed by atoms with E-state index in [1.807, 2.05) is 12.1 Å². The Labute approximate surface area is 100 Å². The Morgan fingerprint density at radius 3 is 2.47 bits per heavy atom. The number of esters is 1. The summed E-state index contributed by atoms with van der Waals surface area (Å²) in [6.07, 6.45) is 2.44. The first-order valence-electron chi connectivity index (χ1n) is 5.56. The standard InChI is InChI=1S/C14H14O3/c1-3-11-4-6-12(7-5-11)17-14(15)13-10(2)8-9-16-13/h4-9H,3H2,1-2H3. The third-order valence-corrected chi connectivity index (χ3v) is 2.59. The fraction of sp³-hybridized carbons (Fsp3) is 0.214. The van der Waals surface area contributed by atoms with E-state index in [1.54, 1.807) is 25.1 Å². The Hall–Kier alpha value is -2.03. The lowest BCUT2D eigenvalue weighted by molar-refractivity contribution is 0.0700. The van der Waals surface area contributed by atoms with Gasteiger partial charge in [-0.05, 0) is 37.1 Å². The second-order valence-electron chi connectivity index (χ2n) is 3.82. The van der Waals surface area contributed by atoms with Gasteiger partial charge in [0.1, 0.15) is 5.75 Å². The van der Waals surface area contributed by atoms with Gasteiger partial charge in [0.2, 0.25) is 5.76 Å². The van der Waals surface area contributed by atoms with Crippen LogP contribution in [0.15, 0.2) is 41.0 Å². The van der Waals surface area contributed by atoms with Crippen molar-refractivity contribution in [3.05, 3.63) is 53.5 Å². The van der Waals surface area contributed by atoms with E-state index in [4.69, 9.17) is 9.15 Å². The molecule has 0 aliphatic heterocycles. The van der Waals surface area contributed by atoms with Gasteiger partial charge in [0.15, 0.2) is 0 Å². The molecule has 1 heterocycles. The number of rotatable bonds is 3. The van der Waals surface area contributed by atoms with E-state index in [0.717, 1.165) is 12.0 Å². The lowest BCUT2D eigenvalue weighted by Crippen LogP contribution is -2.08. The topological polar surface area (TPSA) is 39.4 Å². The summed E-state index contributed by atoms with van der Waals surface area (Å²) in [6, 6.07) is 9.19. The summed E-state index contributed by atoms with van der Waals surface area (Å²) in [5, 5.41) is 0. The molecule has 88 valence electrons. The van der Waals surface area contributed by atoms with E-state index >= 15 is 0 Å². The van der Waals surface area contributed by atoms with Crippen molar-refractivity contribution in [2.75, 3.05) is 0 Å². The molecule has 0 saturated carbocycles. The van der Waals surface area contributed by atoms with Crippen LogP contribution in [0, 0.1) is 6.92 Å². The Morgan fingerprint density at radius 2 is 1.94 bits per heavy atom. The highest BCUT2D eigenvalue weighted by Gasteiger charge is 2.14. The predicted octanol–water partition coefficient (Wildman–Crippen LogP) is 3.37. The highest BCUT2D eigenvalue weighted by Crippen LogP contribution is 2.16. The van der Waals surface area contributed by atoms with Crippen molar-refractivity contribution in [1.82, 2.24) is 0 Å². The summed E-state index contributed by atoms with van der Waals surface area (Å²) in [7, 11) is 0. The van der Waals surface area contributed by atoms with Crippen LogP contribution in [0.25, 0.3) is 0 Å². The van der Waals surface area contributed by atoms with Crippen LogP contribution in [0.3, 0.4) is 0 Å². The number of benzene rings is 1. The number of hydrogen-bond acceptors (Lipinski definition) is 3. The van der Waals surface area contributed by atoms with Crippen molar-refractivity contribution in [3.63, 3.8) is 0 Å². The molecular formula is C14H14O3. The van der Waals surface area contributed by atoms with Crippen molar-refractivity contribution in [1.29, 1.82) is 0 Å². The number of aryl methyl sites for hydroxylation is 2. The minimum absolute atomic E-state index is 0.254. The number of carbonyl (C=O) groups excluding carboxylic acids is 1. The molecule has 3 heteroatoms. The molecular weight excluding hydrogens is 216 g/mol. The van der Waals surface area contributed by atoms with Crippen LogP contribution in [-0.2, 0) is 6.42 Å². The van der Waals surface area contributed by atoms with Crippen molar-refractivity contribution in [2.45, 2.75) is 20.3 Å². The van der Waals surface area contributed by atoms with Crippen molar-refractivity contribution < 1.29 is 13.9 Å². The van der Waals surface area contributed by atoms with Crippen LogP contribution >= 0.6 is 0 Å². The fourth-order valence-electron chi connectivity index (χ4n) is 1.53. The Kier molecular flexibility index (Phi) is 3.28. The lowest BCUT2D eigenvalue weighted by Gasteiger charge is -2.03. The molecule has 2 aromatic rings. The molecule has 3 nitrogen and oxygen atoms in total. The maximum Gasteiger partial charge on any atom is 0.379 e. The van der Waals surface area contributed by atoms with Crippen molar-refractivity contribution in [3.8, 4) is 5.75 Å². The van der Waals surface area contributed by atoms with Gasteiger partial charge in [0.05, 0.1) is 6.26 Å². The van der Waals surface area contributed by atoms with E-state index in [1.165, 1.54) is 11.8 Å². The van der Waals surface area contributed by atoms with Gasteiger partial charge in [0, 0.05) is 5.56 Å². The third kappa shape index (κ3) is 2.56. The minimum Gasteiger partial charge on any atom is -0.457 e. The third-order valence-electron chi connectivity index (χ3n) is 2.59. The van der Waals surface area contributed by atoms with Gasteiger partial charge in [0.25, 0.3) is 0 Å². The van der Waals surface area contributed by atoms with Gasteiger partial charge in [-0.25, -0.2) is 4.79 Å². The summed E-state index contributed by atoms with van der Waals surface area (Å²) >= 11 is 0. The van der Waals surface area contributed by atoms with E-state index in [0.29, 0.717) is 5.75 Å². The van der Waals surface area contributed by atoms with Crippen molar-refractivity contribution >= 4 is 5.97 Å². The first-order valence-corrected chi connectivity index (χ1v) is 5.56. The average Bonchev–Trinajstić information content (AvgIpc) is 2.76. The summed E-state index contributed by atoms with van der Waals surface area (Å²) in [5.41, 5.74) is 1.99. The van der Waals surface area contributed by atoms with Gasteiger partial charge in [-0.3, -0.25) is 0 Å². The Bertz CT molecular complexity index is 509. The molecule has 2 rings (SSSR count). The van der Waals surface area contributed by atoms with Crippen LogP contribution in [0.5, 0.6) is 5.75 Å². The highest BCUT2D eigenvalue weighted by atomic mass is 16.5. The van der Waals surface area contributed by atoms with Crippen molar-refractivity contribution in [2.24, 2.45) is 0 Å². The monoisotopic (exact) mass is 230 g/mol.